The predicted octanol–water partition coefficient (Wildman–Crippen LogP) is 2.56. The van der Waals surface area contributed by atoms with Crippen LogP contribution in [0.3, 0.4) is 0 Å². The molecule has 44 heavy (non-hydrogen) atoms. The first-order valence-corrected chi connectivity index (χ1v) is 15.3. The summed E-state index contributed by atoms with van der Waals surface area (Å²) < 4.78 is 24.3. The minimum Gasteiger partial charge on any atom is -0.504 e. The van der Waals surface area contributed by atoms with Gasteiger partial charge in [0.05, 0.1) is 31.3 Å². The molecule has 5 heterocycles. The Balaban J connectivity index is 1.47. The molecule has 0 aromatic heterocycles. The molecular formula is C33H39N5O6. The summed E-state index contributed by atoms with van der Waals surface area (Å²) in [6.45, 7) is 6.99. The molecule has 1 saturated heterocycles. The van der Waals surface area contributed by atoms with Gasteiger partial charge in [-0.1, -0.05) is 18.2 Å². The Labute approximate surface area is 257 Å². The van der Waals surface area contributed by atoms with Crippen molar-refractivity contribution < 1.29 is 28.8 Å². The van der Waals surface area contributed by atoms with E-state index in [9.17, 15) is 15.2 Å². The van der Waals surface area contributed by atoms with Crippen molar-refractivity contribution in [2.75, 3.05) is 40.6 Å². The van der Waals surface area contributed by atoms with E-state index in [1.807, 2.05) is 40.0 Å². The topological polar surface area (TPSA) is 129 Å². The number of phenolic OH excluding ortho intramolecular Hbond substituents is 1. The quantitative estimate of drug-likeness (QED) is 0.420. The molecule has 1 unspecified atom stereocenters. The molecule has 2 aromatic carbocycles. The number of carbonyl (C=O) groups excluding carboxylic acids is 1. The summed E-state index contributed by atoms with van der Waals surface area (Å²) in [6, 6.07) is 2.82. The van der Waals surface area contributed by atoms with E-state index in [4.69, 9.17) is 18.9 Å². The second-order valence-corrected chi connectivity index (χ2v) is 12.4. The van der Waals surface area contributed by atoms with Gasteiger partial charge in [0.2, 0.25) is 12.7 Å². The molecule has 0 aliphatic carbocycles. The SMILES string of the molecule is COc1c(C)cc2c(c1O)[C@@H]1[C@@H]3Cc4c5c(C)c6c(c4C(CNC(=O)[C@H](C)NC/C=C/CO5)N3[C@@H](C#N)[C@H](C2)N1C)OCO6. The van der Waals surface area contributed by atoms with E-state index in [1.54, 1.807) is 7.11 Å². The van der Waals surface area contributed by atoms with E-state index in [1.165, 1.54) is 0 Å². The van der Waals surface area contributed by atoms with Crippen LogP contribution in [0.15, 0.2) is 18.2 Å². The van der Waals surface area contributed by atoms with Crippen molar-refractivity contribution in [1.29, 1.82) is 5.26 Å². The number of rotatable bonds is 1. The number of nitrogens with zero attached hydrogens (tertiary/aromatic N) is 3. The Kier molecular flexibility index (Phi) is 7.11. The van der Waals surface area contributed by atoms with Crippen LogP contribution >= 0.6 is 0 Å². The minimum atomic E-state index is -0.491. The summed E-state index contributed by atoms with van der Waals surface area (Å²) >= 11 is 0. The largest absolute Gasteiger partial charge is 0.504 e. The van der Waals surface area contributed by atoms with E-state index >= 15 is 0 Å². The van der Waals surface area contributed by atoms with Gasteiger partial charge in [-0.15, -0.1) is 0 Å². The van der Waals surface area contributed by atoms with Gasteiger partial charge < -0.3 is 34.7 Å². The average molecular weight is 602 g/mol. The van der Waals surface area contributed by atoms with Crippen LogP contribution in [0.4, 0.5) is 0 Å². The molecule has 3 N–H and O–H groups in total. The maximum atomic E-state index is 13.3. The zero-order valence-electron chi connectivity index (χ0n) is 25.8. The third-order valence-corrected chi connectivity index (χ3v) is 10.2. The van der Waals surface area contributed by atoms with Crippen molar-refractivity contribution in [3.63, 3.8) is 0 Å². The third-order valence-electron chi connectivity index (χ3n) is 10.2. The number of benzene rings is 2. The van der Waals surface area contributed by atoms with Crippen molar-refractivity contribution >= 4 is 5.91 Å². The summed E-state index contributed by atoms with van der Waals surface area (Å²) in [7, 11) is 3.62. The smallest absolute Gasteiger partial charge is 0.236 e. The molecule has 11 nitrogen and oxygen atoms in total. The lowest BCUT2D eigenvalue weighted by Gasteiger charge is -2.60. The average Bonchev–Trinajstić information content (AvgIpc) is 3.49. The number of carbonyl (C=O) groups is 1. The third kappa shape index (κ3) is 4.15. The highest BCUT2D eigenvalue weighted by atomic mass is 16.7. The van der Waals surface area contributed by atoms with Gasteiger partial charge in [-0.2, -0.15) is 5.26 Å². The second kappa shape index (κ2) is 10.9. The van der Waals surface area contributed by atoms with Crippen LogP contribution in [0.25, 0.3) is 0 Å². The molecule has 0 radical (unpaired) electrons. The predicted molar refractivity (Wildman–Crippen MR) is 161 cm³/mol. The number of hydrogen-bond acceptors (Lipinski definition) is 10. The van der Waals surface area contributed by atoms with E-state index in [-0.39, 0.29) is 43.1 Å². The summed E-state index contributed by atoms with van der Waals surface area (Å²) in [6.07, 6.45) is 5.05. The van der Waals surface area contributed by atoms with Gasteiger partial charge in [0.1, 0.15) is 18.4 Å². The normalized spacial score (nSPS) is 30.1. The number of nitrogens with one attached hydrogen (secondary N) is 2. The lowest BCUT2D eigenvalue weighted by atomic mass is 9.71. The van der Waals surface area contributed by atoms with Gasteiger partial charge in [-0.25, -0.2) is 0 Å². The van der Waals surface area contributed by atoms with Crippen molar-refractivity contribution in [2.45, 2.75) is 69.9 Å². The molecule has 0 saturated carbocycles. The lowest BCUT2D eigenvalue weighted by molar-refractivity contribution is -0.123. The van der Waals surface area contributed by atoms with Gasteiger partial charge in [-0.05, 0) is 51.8 Å². The molecule has 1 amide bonds. The van der Waals surface area contributed by atoms with Gasteiger partial charge in [0, 0.05) is 47.4 Å². The maximum Gasteiger partial charge on any atom is 0.236 e. The van der Waals surface area contributed by atoms with Gasteiger partial charge in [0.25, 0.3) is 0 Å². The lowest BCUT2D eigenvalue weighted by Crippen LogP contribution is -2.69. The van der Waals surface area contributed by atoms with Crippen LogP contribution < -0.4 is 29.6 Å². The number of aryl methyl sites for hydroxylation is 1. The summed E-state index contributed by atoms with van der Waals surface area (Å²) in [5, 5.41) is 28.9. The van der Waals surface area contributed by atoms with E-state index in [2.05, 4.69) is 32.6 Å². The van der Waals surface area contributed by atoms with Gasteiger partial charge in [0.15, 0.2) is 23.0 Å². The molecule has 6 atom stereocenters. The summed E-state index contributed by atoms with van der Waals surface area (Å²) in [5.41, 5.74) is 5.47. The van der Waals surface area contributed by atoms with Crippen molar-refractivity contribution in [3.8, 4) is 34.8 Å². The van der Waals surface area contributed by atoms with Crippen molar-refractivity contribution in [2.24, 2.45) is 0 Å². The number of piperazine rings is 1. The summed E-state index contributed by atoms with van der Waals surface area (Å²) in [4.78, 5) is 17.8. The Morgan fingerprint density at radius 2 is 1.89 bits per heavy atom. The number of hydrogen-bond donors (Lipinski definition) is 3. The van der Waals surface area contributed by atoms with Gasteiger partial charge in [-0.3, -0.25) is 14.6 Å². The molecular weight excluding hydrogens is 562 g/mol. The first-order chi connectivity index (χ1) is 21.3. The zero-order chi connectivity index (χ0) is 30.9. The fourth-order valence-electron chi connectivity index (χ4n) is 8.20. The van der Waals surface area contributed by atoms with E-state index < -0.39 is 18.1 Å². The highest BCUT2D eigenvalue weighted by Crippen LogP contribution is 2.58. The monoisotopic (exact) mass is 601 g/mol. The molecule has 2 aromatic rings. The number of methoxy groups -OCH3 is 1. The van der Waals surface area contributed by atoms with Crippen LogP contribution in [0.2, 0.25) is 0 Å². The number of aromatic hydroxyl groups is 1. The first-order valence-electron chi connectivity index (χ1n) is 15.3. The number of ether oxygens (including phenoxy) is 4. The zero-order valence-corrected chi connectivity index (χ0v) is 25.8. The molecule has 0 spiro atoms. The highest BCUT2D eigenvalue weighted by Gasteiger charge is 2.56. The molecule has 232 valence electrons. The summed E-state index contributed by atoms with van der Waals surface area (Å²) in [5.74, 6) is 2.53. The fourth-order valence-corrected chi connectivity index (χ4v) is 8.20. The molecule has 5 aliphatic rings. The molecule has 5 aliphatic heterocycles. The Bertz CT molecular complexity index is 1600. The number of fused-ring (bicyclic) bond motifs is 8. The van der Waals surface area contributed by atoms with Crippen LogP contribution in [-0.2, 0) is 17.6 Å². The first kappa shape index (κ1) is 28.8. The minimum absolute atomic E-state index is 0.0888. The van der Waals surface area contributed by atoms with Crippen molar-refractivity contribution in [3.05, 3.63) is 51.6 Å². The molecule has 7 rings (SSSR count). The highest BCUT2D eigenvalue weighted by molar-refractivity contribution is 5.81. The fraction of sp³-hybridized carbons (Fsp3) is 0.515. The molecule has 6 bridgehead atoms. The van der Waals surface area contributed by atoms with Crippen LogP contribution in [0.1, 0.15) is 52.4 Å². The van der Waals surface area contributed by atoms with Crippen LogP contribution in [0, 0.1) is 25.2 Å². The van der Waals surface area contributed by atoms with E-state index in [0.29, 0.717) is 43.2 Å². The number of likely N-dealkylation sites (N-methyl/N-ethyl adjacent to an activating group) is 1. The van der Waals surface area contributed by atoms with Crippen LogP contribution in [0.5, 0.6) is 28.7 Å². The Morgan fingerprint density at radius 3 is 2.66 bits per heavy atom. The second-order valence-electron chi connectivity index (χ2n) is 12.4. The Morgan fingerprint density at radius 1 is 1.09 bits per heavy atom. The van der Waals surface area contributed by atoms with Gasteiger partial charge >= 0.3 is 0 Å². The van der Waals surface area contributed by atoms with E-state index in [0.717, 1.165) is 39.1 Å². The number of amides is 1. The molecule has 11 heteroatoms. The van der Waals surface area contributed by atoms with Crippen molar-refractivity contribution in [1.82, 2.24) is 20.4 Å². The number of phenols is 1. The molecule has 1 fully saturated rings. The standard InChI is InChI=1S/C33H39N5O6/c1-16-10-19-11-21-23(13-34)38-22(27(37(21)4)25(19)28(39)29(16)41-5)12-20-26-24(38)14-36-33(40)18(3)35-8-6-7-9-42-30(20)17(2)31-32(26)44-15-43-31/h6-7,10,18,21-24,27,35,39H,8-9,11-12,14-15H2,1-5H3,(H,36,40)/b7-6+/t18-,21-,22-,23-,24?,27-/m0/s1. The Hall–Kier alpha value is -3.98. The van der Waals surface area contributed by atoms with Crippen LogP contribution in [-0.4, -0.2) is 85.6 Å². The number of nitriles is 1. The maximum absolute atomic E-state index is 13.3.